The number of rotatable bonds is 2. The van der Waals surface area contributed by atoms with Gasteiger partial charge in [0.15, 0.2) is 0 Å². The Balaban J connectivity index is 1.78. The Morgan fingerprint density at radius 2 is 1.61 bits per heavy atom. The lowest BCUT2D eigenvalue weighted by atomic mass is 9.87. The lowest BCUT2D eigenvalue weighted by Crippen LogP contribution is -2.11. The number of fused-ring (bicyclic) bond motifs is 3. The van der Waals surface area contributed by atoms with Crippen LogP contribution < -0.4 is 0 Å². The van der Waals surface area contributed by atoms with Gasteiger partial charge in [0.25, 0.3) is 0 Å². The van der Waals surface area contributed by atoms with Gasteiger partial charge in [0.1, 0.15) is 6.33 Å². The van der Waals surface area contributed by atoms with Crippen molar-refractivity contribution in [2.75, 3.05) is 0 Å². The zero-order valence-electron chi connectivity index (χ0n) is 13.7. The molecule has 2 aromatic carbocycles. The van der Waals surface area contributed by atoms with Crippen LogP contribution in [0.2, 0.25) is 0 Å². The highest BCUT2D eigenvalue weighted by Gasteiger charge is 2.14. The van der Waals surface area contributed by atoms with Gasteiger partial charge in [-0.15, -0.1) is 0 Å². The maximum atomic E-state index is 4.42. The number of hydrogen-bond acceptors (Lipinski definition) is 2. The summed E-state index contributed by atoms with van der Waals surface area (Å²) in [5.41, 5.74) is 5.05. The Morgan fingerprint density at radius 1 is 0.913 bits per heavy atom. The smallest absolute Gasteiger partial charge is 0.233 e. The van der Waals surface area contributed by atoms with Gasteiger partial charge in [-0.25, -0.2) is 0 Å². The summed E-state index contributed by atoms with van der Waals surface area (Å²) in [7, 11) is 0. The standard InChI is InChI=1S/C19H20N4/c1-19(2,3)15-10-8-14(9-11-15)12-22-16-6-4-5-7-17(16)23-18(22)20-13-21-23/h4-11,13H,12H2,1-3H3. The Bertz CT molecular complexity index is 968. The molecule has 0 atom stereocenters. The lowest BCUT2D eigenvalue weighted by Gasteiger charge is -2.19. The van der Waals surface area contributed by atoms with Crippen molar-refractivity contribution >= 4 is 16.8 Å². The van der Waals surface area contributed by atoms with Crippen molar-refractivity contribution in [3.63, 3.8) is 0 Å². The second kappa shape index (κ2) is 4.95. The molecule has 0 amide bonds. The maximum absolute atomic E-state index is 4.42. The summed E-state index contributed by atoms with van der Waals surface area (Å²) in [5.74, 6) is 0.881. The predicted molar refractivity (Wildman–Crippen MR) is 92.7 cm³/mol. The van der Waals surface area contributed by atoms with Crippen LogP contribution in [-0.2, 0) is 12.0 Å². The molecule has 0 radical (unpaired) electrons. The van der Waals surface area contributed by atoms with E-state index in [2.05, 4.69) is 77.9 Å². The van der Waals surface area contributed by atoms with Crippen LogP contribution in [0.1, 0.15) is 31.9 Å². The van der Waals surface area contributed by atoms with E-state index < -0.39 is 0 Å². The molecule has 0 spiro atoms. The summed E-state index contributed by atoms with van der Waals surface area (Å²) in [5, 5.41) is 4.34. The van der Waals surface area contributed by atoms with Crippen molar-refractivity contribution in [3.8, 4) is 0 Å². The zero-order chi connectivity index (χ0) is 16.0. The van der Waals surface area contributed by atoms with E-state index in [-0.39, 0.29) is 5.41 Å². The molecule has 116 valence electrons. The molecule has 0 saturated heterocycles. The molecule has 4 aromatic rings. The number of imidazole rings is 1. The summed E-state index contributed by atoms with van der Waals surface area (Å²) >= 11 is 0. The second-order valence-corrected chi connectivity index (χ2v) is 6.99. The first kappa shape index (κ1) is 14.0. The Kier molecular flexibility index (Phi) is 3.01. The van der Waals surface area contributed by atoms with Crippen LogP contribution in [0.25, 0.3) is 16.8 Å². The minimum atomic E-state index is 0.180. The largest absolute Gasteiger partial charge is 0.304 e. The van der Waals surface area contributed by atoms with Gasteiger partial charge >= 0.3 is 0 Å². The number of aromatic nitrogens is 4. The molecule has 4 nitrogen and oxygen atoms in total. The number of nitrogens with zero attached hydrogens (tertiary/aromatic N) is 4. The lowest BCUT2D eigenvalue weighted by molar-refractivity contribution is 0.590. The minimum absolute atomic E-state index is 0.180. The highest BCUT2D eigenvalue weighted by molar-refractivity contribution is 5.80. The van der Waals surface area contributed by atoms with Crippen LogP contribution in [0.3, 0.4) is 0 Å². The van der Waals surface area contributed by atoms with Crippen molar-refractivity contribution in [1.82, 2.24) is 19.2 Å². The highest BCUT2D eigenvalue weighted by Crippen LogP contribution is 2.24. The van der Waals surface area contributed by atoms with Gasteiger partial charge in [0, 0.05) is 0 Å². The minimum Gasteiger partial charge on any atom is -0.304 e. The van der Waals surface area contributed by atoms with E-state index in [0.717, 1.165) is 23.4 Å². The fraction of sp³-hybridized carbons (Fsp3) is 0.263. The summed E-state index contributed by atoms with van der Waals surface area (Å²) < 4.78 is 4.12. The molecule has 0 aliphatic rings. The van der Waals surface area contributed by atoms with Gasteiger partial charge in [0.05, 0.1) is 17.6 Å². The van der Waals surface area contributed by atoms with E-state index in [9.17, 15) is 0 Å². The van der Waals surface area contributed by atoms with Gasteiger partial charge in [-0.1, -0.05) is 57.2 Å². The van der Waals surface area contributed by atoms with E-state index in [1.165, 1.54) is 11.1 Å². The van der Waals surface area contributed by atoms with Crippen LogP contribution in [0, 0.1) is 0 Å². The molecule has 0 aliphatic carbocycles. The van der Waals surface area contributed by atoms with Crippen LogP contribution in [0.4, 0.5) is 0 Å². The van der Waals surface area contributed by atoms with Crippen molar-refractivity contribution < 1.29 is 0 Å². The summed E-state index contributed by atoms with van der Waals surface area (Å²) in [6, 6.07) is 17.2. The van der Waals surface area contributed by atoms with Gasteiger partial charge in [0.2, 0.25) is 5.78 Å². The SMILES string of the molecule is CC(C)(C)c1ccc(Cn2c3ccccc3n3ncnc23)cc1. The molecule has 2 heterocycles. The number of hydrogen-bond donors (Lipinski definition) is 0. The normalized spacial score (nSPS) is 12.3. The van der Waals surface area contributed by atoms with Crippen molar-refractivity contribution in [2.45, 2.75) is 32.7 Å². The molecule has 4 rings (SSSR count). The Labute approximate surface area is 135 Å². The van der Waals surface area contributed by atoms with Gasteiger partial charge in [-0.2, -0.15) is 14.6 Å². The van der Waals surface area contributed by atoms with E-state index in [0.29, 0.717) is 0 Å². The fourth-order valence-electron chi connectivity index (χ4n) is 3.02. The Hall–Kier alpha value is -2.62. The topological polar surface area (TPSA) is 35.1 Å². The molecule has 0 fully saturated rings. The third kappa shape index (κ3) is 2.31. The average Bonchev–Trinajstić information content (AvgIpc) is 3.10. The van der Waals surface area contributed by atoms with Crippen molar-refractivity contribution in [2.24, 2.45) is 0 Å². The second-order valence-electron chi connectivity index (χ2n) is 6.99. The molecule has 0 unspecified atom stereocenters. The third-order valence-electron chi connectivity index (χ3n) is 4.33. The molecule has 0 saturated carbocycles. The van der Waals surface area contributed by atoms with E-state index in [4.69, 9.17) is 0 Å². The summed E-state index contributed by atoms with van der Waals surface area (Å²) in [4.78, 5) is 4.42. The van der Waals surface area contributed by atoms with Crippen molar-refractivity contribution in [1.29, 1.82) is 0 Å². The Morgan fingerprint density at radius 3 is 2.30 bits per heavy atom. The molecule has 0 bridgehead atoms. The molecule has 23 heavy (non-hydrogen) atoms. The molecular weight excluding hydrogens is 284 g/mol. The fourth-order valence-corrected chi connectivity index (χ4v) is 3.02. The number of para-hydroxylation sites is 2. The average molecular weight is 304 g/mol. The van der Waals surface area contributed by atoms with Crippen LogP contribution in [0.15, 0.2) is 54.9 Å². The van der Waals surface area contributed by atoms with Gasteiger partial charge in [-0.3, -0.25) is 0 Å². The van der Waals surface area contributed by atoms with Crippen LogP contribution >= 0.6 is 0 Å². The molecule has 4 heteroatoms. The number of benzene rings is 2. The third-order valence-corrected chi connectivity index (χ3v) is 4.33. The summed E-state index contributed by atoms with van der Waals surface area (Å²) in [6.07, 6.45) is 1.61. The van der Waals surface area contributed by atoms with Crippen LogP contribution in [0.5, 0.6) is 0 Å². The van der Waals surface area contributed by atoms with E-state index >= 15 is 0 Å². The van der Waals surface area contributed by atoms with E-state index in [1.807, 2.05) is 10.6 Å². The predicted octanol–water partition coefficient (Wildman–Crippen LogP) is 4.03. The molecule has 0 N–H and O–H groups in total. The monoisotopic (exact) mass is 304 g/mol. The summed E-state index contributed by atoms with van der Waals surface area (Å²) in [6.45, 7) is 7.50. The van der Waals surface area contributed by atoms with Gasteiger partial charge in [-0.05, 0) is 28.7 Å². The van der Waals surface area contributed by atoms with Gasteiger partial charge < -0.3 is 4.57 Å². The molecule has 0 aliphatic heterocycles. The zero-order valence-corrected chi connectivity index (χ0v) is 13.7. The maximum Gasteiger partial charge on any atom is 0.233 e. The van der Waals surface area contributed by atoms with Crippen LogP contribution in [-0.4, -0.2) is 19.2 Å². The molecule has 2 aromatic heterocycles. The van der Waals surface area contributed by atoms with E-state index in [1.54, 1.807) is 6.33 Å². The van der Waals surface area contributed by atoms with Crippen molar-refractivity contribution in [3.05, 3.63) is 66.0 Å². The molecular formula is C19H20N4. The first-order valence-corrected chi connectivity index (χ1v) is 7.90. The first-order valence-electron chi connectivity index (χ1n) is 7.90. The first-order chi connectivity index (χ1) is 11.0. The quantitative estimate of drug-likeness (QED) is 0.560. The highest BCUT2D eigenvalue weighted by atomic mass is 15.4.